The standard InChI is InChI=1S/C23H24FNO5/c1-25-9-8-14(16(25)12-26)21-19(28-2)11-20(29-3)22-17(27)10-18(30-23(21)22)13-6-4-5-7-15(13)24/h4-7,10-11,14,16,26H,8-9,12H2,1-3H3/t14?,16-/m1/s1. The van der Waals surface area contributed by atoms with Crippen molar-refractivity contribution in [2.24, 2.45) is 0 Å². The van der Waals surface area contributed by atoms with Gasteiger partial charge in [0.05, 0.1) is 26.4 Å². The van der Waals surface area contributed by atoms with Crippen molar-refractivity contribution in [3.63, 3.8) is 0 Å². The van der Waals surface area contributed by atoms with E-state index in [2.05, 4.69) is 4.90 Å². The molecular formula is C23H24FNO5. The third-order valence-corrected chi connectivity index (χ3v) is 5.93. The van der Waals surface area contributed by atoms with E-state index in [1.807, 2.05) is 7.05 Å². The van der Waals surface area contributed by atoms with Crippen LogP contribution < -0.4 is 14.9 Å². The molecule has 0 aliphatic carbocycles. The van der Waals surface area contributed by atoms with Gasteiger partial charge in [0.2, 0.25) is 0 Å². The Labute approximate surface area is 173 Å². The quantitative estimate of drug-likeness (QED) is 0.691. The molecule has 1 unspecified atom stereocenters. The molecule has 0 spiro atoms. The van der Waals surface area contributed by atoms with Crippen molar-refractivity contribution in [2.45, 2.75) is 18.4 Å². The van der Waals surface area contributed by atoms with Crippen molar-refractivity contribution >= 4 is 11.0 Å². The van der Waals surface area contributed by atoms with Gasteiger partial charge < -0.3 is 23.9 Å². The van der Waals surface area contributed by atoms with Crippen molar-refractivity contribution in [2.75, 3.05) is 34.4 Å². The number of likely N-dealkylation sites (tertiary alicyclic amines) is 1. The third-order valence-electron chi connectivity index (χ3n) is 5.93. The Morgan fingerprint density at radius 1 is 1.20 bits per heavy atom. The SMILES string of the molecule is COc1cc(OC)c2c(=O)cc(-c3ccccc3F)oc2c1C1CCN(C)[C@@H]1CO. The average Bonchev–Trinajstić information content (AvgIpc) is 3.12. The number of ether oxygens (including phenoxy) is 2. The summed E-state index contributed by atoms with van der Waals surface area (Å²) in [5, 5.41) is 10.3. The summed E-state index contributed by atoms with van der Waals surface area (Å²) in [4.78, 5) is 15.2. The van der Waals surface area contributed by atoms with Gasteiger partial charge in [-0.2, -0.15) is 0 Å². The van der Waals surface area contributed by atoms with Crippen molar-refractivity contribution in [3.8, 4) is 22.8 Å². The molecule has 4 rings (SSSR count). The molecule has 1 fully saturated rings. The Balaban J connectivity index is 2.07. The zero-order valence-electron chi connectivity index (χ0n) is 17.1. The van der Waals surface area contributed by atoms with Crippen LogP contribution in [0.2, 0.25) is 0 Å². The van der Waals surface area contributed by atoms with Gasteiger partial charge in [0, 0.05) is 29.7 Å². The van der Waals surface area contributed by atoms with Crippen LogP contribution in [0, 0.1) is 5.82 Å². The average molecular weight is 413 g/mol. The van der Waals surface area contributed by atoms with Crippen LogP contribution in [0.5, 0.6) is 11.5 Å². The van der Waals surface area contributed by atoms with Crippen molar-refractivity contribution in [1.82, 2.24) is 4.90 Å². The number of fused-ring (bicyclic) bond motifs is 1. The van der Waals surface area contributed by atoms with E-state index >= 15 is 0 Å². The predicted molar refractivity (Wildman–Crippen MR) is 112 cm³/mol. The second-order valence-corrected chi connectivity index (χ2v) is 7.48. The Hall–Kier alpha value is -2.90. The van der Waals surface area contributed by atoms with E-state index in [1.165, 1.54) is 26.4 Å². The van der Waals surface area contributed by atoms with E-state index in [0.717, 1.165) is 13.0 Å². The Morgan fingerprint density at radius 2 is 1.93 bits per heavy atom. The number of rotatable bonds is 5. The molecule has 30 heavy (non-hydrogen) atoms. The van der Waals surface area contributed by atoms with E-state index in [9.17, 15) is 14.3 Å². The number of halogens is 1. The first-order chi connectivity index (χ1) is 14.5. The van der Waals surface area contributed by atoms with Crippen molar-refractivity contribution in [1.29, 1.82) is 0 Å². The fourth-order valence-corrected chi connectivity index (χ4v) is 4.38. The van der Waals surface area contributed by atoms with Crippen molar-refractivity contribution < 1.29 is 23.4 Å². The highest BCUT2D eigenvalue weighted by molar-refractivity contribution is 5.90. The molecule has 7 heteroatoms. The number of aliphatic hydroxyl groups is 1. The summed E-state index contributed by atoms with van der Waals surface area (Å²) < 4.78 is 31.6. The predicted octanol–water partition coefficient (Wildman–Crippen LogP) is 3.40. The summed E-state index contributed by atoms with van der Waals surface area (Å²) in [6.45, 7) is 0.735. The van der Waals surface area contributed by atoms with Gasteiger partial charge in [-0.3, -0.25) is 4.79 Å². The summed E-state index contributed by atoms with van der Waals surface area (Å²) in [5.41, 5.74) is 0.858. The minimum absolute atomic E-state index is 0.0465. The number of nitrogens with zero attached hydrogens (tertiary/aromatic N) is 1. The molecule has 1 aliphatic rings. The van der Waals surface area contributed by atoms with Crippen molar-refractivity contribution in [3.05, 3.63) is 58.0 Å². The fourth-order valence-electron chi connectivity index (χ4n) is 4.38. The Kier molecular flexibility index (Phi) is 5.49. The molecule has 2 aromatic carbocycles. The molecule has 2 heterocycles. The third kappa shape index (κ3) is 3.24. The lowest BCUT2D eigenvalue weighted by Crippen LogP contribution is -2.32. The number of hydrogen-bond acceptors (Lipinski definition) is 6. The van der Waals surface area contributed by atoms with Crippen LogP contribution in [0.25, 0.3) is 22.3 Å². The molecule has 0 radical (unpaired) electrons. The van der Waals surface area contributed by atoms with E-state index in [-0.39, 0.29) is 40.7 Å². The highest BCUT2D eigenvalue weighted by Crippen LogP contribution is 2.45. The largest absolute Gasteiger partial charge is 0.496 e. The summed E-state index contributed by atoms with van der Waals surface area (Å²) in [5.74, 6) is 0.361. The molecule has 1 saturated heterocycles. The highest BCUT2D eigenvalue weighted by atomic mass is 19.1. The number of benzene rings is 2. The van der Waals surface area contributed by atoms with E-state index in [4.69, 9.17) is 13.9 Å². The highest BCUT2D eigenvalue weighted by Gasteiger charge is 2.37. The number of hydrogen-bond donors (Lipinski definition) is 1. The van der Waals surface area contributed by atoms with Crippen LogP contribution in [0.15, 0.2) is 45.6 Å². The van der Waals surface area contributed by atoms with E-state index in [0.29, 0.717) is 22.6 Å². The minimum Gasteiger partial charge on any atom is -0.496 e. The molecule has 6 nitrogen and oxygen atoms in total. The Morgan fingerprint density at radius 3 is 2.60 bits per heavy atom. The van der Waals surface area contributed by atoms with Gasteiger partial charge in [-0.05, 0) is 32.1 Å². The molecule has 2 atom stereocenters. The lowest BCUT2D eigenvalue weighted by molar-refractivity contribution is 0.171. The van der Waals surface area contributed by atoms with Gasteiger partial charge in [0.1, 0.15) is 34.0 Å². The van der Waals surface area contributed by atoms with E-state index < -0.39 is 5.82 Å². The minimum atomic E-state index is -0.481. The summed E-state index contributed by atoms with van der Waals surface area (Å²) in [7, 11) is 4.95. The van der Waals surface area contributed by atoms with Crippen LogP contribution >= 0.6 is 0 Å². The lowest BCUT2D eigenvalue weighted by atomic mass is 9.89. The van der Waals surface area contributed by atoms with Crippen LogP contribution in [0.1, 0.15) is 17.9 Å². The molecular weight excluding hydrogens is 389 g/mol. The number of aliphatic hydroxyl groups excluding tert-OH is 1. The molecule has 1 N–H and O–H groups in total. The normalized spacial score (nSPS) is 19.4. The number of likely N-dealkylation sites (N-methyl/N-ethyl adjacent to an activating group) is 1. The molecule has 3 aromatic rings. The summed E-state index contributed by atoms with van der Waals surface area (Å²) in [6.07, 6.45) is 0.757. The first-order valence-corrected chi connectivity index (χ1v) is 9.78. The topological polar surface area (TPSA) is 72.1 Å². The molecule has 0 amide bonds. The zero-order chi connectivity index (χ0) is 21.4. The summed E-state index contributed by atoms with van der Waals surface area (Å²) in [6, 6.07) is 8.95. The zero-order valence-corrected chi connectivity index (χ0v) is 17.1. The first-order valence-electron chi connectivity index (χ1n) is 9.78. The fraction of sp³-hybridized carbons (Fsp3) is 0.348. The maximum absolute atomic E-state index is 14.4. The van der Waals surface area contributed by atoms with Gasteiger partial charge in [0.25, 0.3) is 0 Å². The van der Waals surface area contributed by atoms with Crippen LogP contribution in [0.3, 0.4) is 0 Å². The second-order valence-electron chi connectivity index (χ2n) is 7.48. The lowest BCUT2D eigenvalue weighted by Gasteiger charge is -2.25. The van der Waals surface area contributed by atoms with Gasteiger partial charge in [0.15, 0.2) is 5.43 Å². The van der Waals surface area contributed by atoms with Gasteiger partial charge in [-0.1, -0.05) is 12.1 Å². The maximum Gasteiger partial charge on any atom is 0.197 e. The second kappa shape index (κ2) is 8.08. The van der Waals surface area contributed by atoms with E-state index in [1.54, 1.807) is 24.3 Å². The summed E-state index contributed by atoms with van der Waals surface area (Å²) >= 11 is 0. The molecule has 158 valence electrons. The molecule has 1 aromatic heterocycles. The molecule has 0 saturated carbocycles. The maximum atomic E-state index is 14.4. The Bertz CT molecular complexity index is 1140. The monoisotopic (exact) mass is 413 g/mol. The smallest absolute Gasteiger partial charge is 0.197 e. The first kappa shape index (κ1) is 20.4. The van der Waals surface area contributed by atoms with Gasteiger partial charge in [-0.25, -0.2) is 4.39 Å². The van der Waals surface area contributed by atoms with Crippen LogP contribution in [-0.4, -0.2) is 50.5 Å². The molecule has 1 aliphatic heterocycles. The van der Waals surface area contributed by atoms with Gasteiger partial charge in [-0.15, -0.1) is 0 Å². The molecule has 0 bridgehead atoms. The van der Waals surface area contributed by atoms with Crippen LogP contribution in [-0.2, 0) is 0 Å². The number of methoxy groups -OCH3 is 2. The van der Waals surface area contributed by atoms with Gasteiger partial charge >= 0.3 is 0 Å². The van der Waals surface area contributed by atoms with Crippen LogP contribution in [0.4, 0.5) is 4.39 Å².